The van der Waals surface area contributed by atoms with E-state index in [-0.39, 0.29) is 0 Å². The molecule has 1 N–H and O–H groups in total. The van der Waals surface area contributed by atoms with Crippen molar-refractivity contribution in [3.8, 4) is 11.5 Å². The standard InChI is InChI=1S/C12H13BrO4/c1-12(2,11(14)15)7-5-9-10(6-8(7)13)17-4-3-16-9/h5-6H,3-4H2,1-2H3,(H,14,15). The highest BCUT2D eigenvalue weighted by molar-refractivity contribution is 9.10. The first-order valence-electron chi connectivity index (χ1n) is 5.26. The summed E-state index contributed by atoms with van der Waals surface area (Å²) in [5.74, 6) is 0.367. The Balaban J connectivity index is 2.52. The maximum Gasteiger partial charge on any atom is 0.313 e. The van der Waals surface area contributed by atoms with Crippen LogP contribution < -0.4 is 9.47 Å². The first-order chi connectivity index (χ1) is 7.93. The lowest BCUT2D eigenvalue weighted by atomic mass is 9.84. The van der Waals surface area contributed by atoms with Crippen LogP contribution in [-0.2, 0) is 10.2 Å². The van der Waals surface area contributed by atoms with Gasteiger partial charge in [-0.2, -0.15) is 0 Å². The molecule has 0 aromatic heterocycles. The highest BCUT2D eigenvalue weighted by atomic mass is 79.9. The number of halogens is 1. The number of hydrogen-bond donors (Lipinski definition) is 1. The highest BCUT2D eigenvalue weighted by Gasteiger charge is 2.33. The van der Waals surface area contributed by atoms with Crippen LogP contribution in [0.3, 0.4) is 0 Å². The molecular formula is C12H13BrO4. The molecule has 92 valence electrons. The Labute approximate surface area is 108 Å². The third kappa shape index (κ3) is 2.11. The summed E-state index contributed by atoms with van der Waals surface area (Å²) < 4.78 is 11.6. The van der Waals surface area contributed by atoms with E-state index in [0.717, 1.165) is 0 Å². The molecule has 1 aliphatic rings. The van der Waals surface area contributed by atoms with Gasteiger partial charge in [-0.3, -0.25) is 4.79 Å². The van der Waals surface area contributed by atoms with E-state index >= 15 is 0 Å². The van der Waals surface area contributed by atoms with E-state index in [4.69, 9.17) is 9.47 Å². The van der Waals surface area contributed by atoms with Gasteiger partial charge in [-0.15, -0.1) is 0 Å². The van der Waals surface area contributed by atoms with E-state index in [1.807, 2.05) is 0 Å². The molecule has 5 heteroatoms. The smallest absolute Gasteiger partial charge is 0.313 e. The van der Waals surface area contributed by atoms with Crippen LogP contribution >= 0.6 is 15.9 Å². The molecule has 0 amide bonds. The topological polar surface area (TPSA) is 55.8 Å². The van der Waals surface area contributed by atoms with Crippen LogP contribution in [0, 0.1) is 0 Å². The molecule has 1 aromatic rings. The van der Waals surface area contributed by atoms with E-state index in [0.29, 0.717) is 34.7 Å². The number of hydrogen-bond acceptors (Lipinski definition) is 3. The van der Waals surface area contributed by atoms with Gasteiger partial charge in [0, 0.05) is 4.47 Å². The van der Waals surface area contributed by atoms with Crippen LogP contribution in [0.5, 0.6) is 11.5 Å². The van der Waals surface area contributed by atoms with Crippen LogP contribution in [0.15, 0.2) is 16.6 Å². The SMILES string of the molecule is CC(C)(C(=O)O)c1cc2c(cc1Br)OCCO2. The minimum Gasteiger partial charge on any atom is -0.486 e. The fourth-order valence-electron chi connectivity index (χ4n) is 1.66. The van der Waals surface area contributed by atoms with Crippen molar-refractivity contribution in [2.75, 3.05) is 13.2 Å². The maximum absolute atomic E-state index is 11.2. The van der Waals surface area contributed by atoms with Crippen molar-refractivity contribution in [3.05, 3.63) is 22.2 Å². The molecule has 0 unspecified atom stereocenters. The molecule has 0 aliphatic carbocycles. The lowest BCUT2D eigenvalue weighted by molar-refractivity contribution is -0.142. The zero-order chi connectivity index (χ0) is 12.6. The predicted molar refractivity (Wildman–Crippen MR) is 65.8 cm³/mol. The van der Waals surface area contributed by atoms with Crippen LogP contribution in [0.2, 0.25) is 0 Å². The fraction of sp³-hybridized carbons (Fsp3) is 0.417. The number of carboxylic acid groups (broad SMARTS) is 1. The first kappa shape index (κ1) is 12.2. The summed E-state index contributed by atoms with van der Waals surface area (Å²) in [7, 11) is 0. The van der Waals surface area contributed by atoms with E-state index in [2.05, 4.69) is 15.9 Å². The predicted octanol–water partition coefficient (Wildman–Crippen LogP) is 2.58. The van der Waals surface area contributed by atoms with Gasteiger partial charge in [0.2, 0.25) is 0 Å². The molecule has 1 aliphatic heterocycles. The van der Waals surface area contributed by atoms with Crippen LogP contribution in [-0.4, -0.2) is 24.3 Å². The summed E-state index contributed by atoms with van der Waals surface area (Å²) in [6, 6.07) is 3.49. The van der Waals surface area contributed by atoms with Crippen molar-refractivity contribution in [1.29, 1.82) is 0 Å². The van der Waals surface area contributed by atoms with Crippen molar-refractivity contribution >= 4 is 21.9 Å². The Kier molecular flexibility index (Phi) is 3.03. The summed E-state index contributed by atoms with van der Waals surface area (Å²) in [5.41, 5.74) is -0.302. The number of carboxylic acids is 1. The van der Waals surface area contributed by atoms with E-state index in [1.165, 1.54) is 0 Å². The largest absolute Gasteiger partial charge is 0.486 e. The van der Waals surface area contributed by atoms with Gasteiger partial charge in [-0.05, 0) is 31.5 Å². The Hall–Kier alpha value is -1.23. The van der Waals surface area contributed by atoms with Gasteiger partial charge >= 0.3 is 5.97 Å². The molecule has 2 rings (SSSR count). The molecule has 1 heterocycles. The fourth-order valence-corrected chi connectivity index (χ4v) is 2.48. The third-order valence-electron chi connectivity index (χ3n) is 2.84. The summed E-state index contributed by atoms with van der Waals surface area (Å²) in [6.07, 6.45) is 0. The Morgan fingerprint density at radius 3 is 2.35 bits per heavy atom. The molecule has 0 bridgehead atoms. The Morgan fingerprint density at radius 2 is 1.82 bits per heavy atom. The second kappa shape index (κ2) is 4.22. The maximum atomic E-state index is 11.2. The second-order valence-corrected chi connectivity index (χ2v) is 5.26. The lowest BCUT2D eigenvalue weighted by Gasteiger charge is -2.25. The summed E-state index contributed by atoms with van der Waals surface area (Å²) in [5, 5.41) is 9.23. The van der Waals surface area contributed by atoms with Crippen LogP contribution in [0.25, 0.3) is 0 Å². The van der Waals surface area contributed by atoms with Gasteiger partial charge in [-0.1, -0.05) is 15.9 Å². The number of benzene rings is 1. The van der Waals surface area contributed by atoms with E-state index in [1.54, 1.807) is 26.0 Å². The van der Waals surface area contributed by atoms with Crippen molar-refractivity contribution in [1.82, 2.24) is 0 Å². The van der Waals surface area contributed by atoms with Crippen LogP contribution in [0.4, 0.5) is 0 Å². The van der Waals surface area contributed by atoms with E-state index < -0.39 is 11.4 Å². The van der Waals surface area contributed by atoms with Crippen LogP contribution in [0.1, 0.15) is 19.4 Å². The normalized spacial score (nSPS) is 14.5. The minimum absolute atomic E-state index is 0.488. The van der Waals surface area contributed by atoms with Gasteiger partial charge in [0.15, 0.2) is 11.5 Å². The number of aliphatic carboxylic acids is 1. The number of fused-ring (bicyclic) bond motifs is 1. The summed E-state index contributed by atoms with van der Waals surface area (Å²) >= 11 is 3.38. The summed E-state index contributed by atoms with van der Waals surface area (Å²) in [6.45, 7) is 4.32. The second-order valence-electron chi connectivity index (χ2n) is 4.41. The quantitative estimate of drug-likeness (QED) is 0.912. The van der Waals surface area contributed by atoms with Crippen molar-refractivity contribution < 1.29 is 19.4 Å². The molecule has 17 heavy (non-hydrogen) atoms. The van der Waals surface area contributed by atoms with Gasteiger partial charge in [0.05, 0.1) is 5.41 Å². The third-order valence-corrected chi connectivity index (χ3v) is 3.50. The zero-order valence-corrected chi connectivity index (χ0v) is 11.2. The highest BCUT2D eigenvalue weighted by Crippen LogP contribution is 2.40. The lowest BCUT2D eigenvalue weighted by Crippen LogP contribution is -2.29. The molecule has 0 radical (unpaired) electrons. The number of ether oxygens (including phenoxy) is 2. The average Bonchev–Trinajstić information content (AvgIpc) is 2.27. The zero-order valence-electron chi connectivity index (χ0n) is 9.62. The average molecular weight is 301 g/mol. The Morgan fingerprint density at radius 1 is 1.29 bits per heavy atom. The molecule has 0 spiro atoms. The molecule has 0 saturated carbocycles. The molecule has 0 atom stereocenters. The molecule has 1 aromatic carbocycles. The molecule has 4 nitrogen and oxygen atoms in total. The Bertz CT molecular complexity index is 468. The summed E-state index contributed by atoms with van der Waals surface area (Å²) in [4.78, 5) is 11.2. The minimum atomic E-state index is -0.978. The van der Waals surface area contributed by atoms with Gasteiger partial charge in [-0.25, -0.2) is 0 Å². The van der Waals surface area contributed by atoms with Crippen molar-refractivity contribution in [2.45, 2.75) is 19.3 Å². The van der Waals surface area contributed by atoms with Gasteiger partial charge < -0.3 is 14.6 Å². The first-order valence-corrected chi connectivity index (χ1v) is 6.05. The van der Waals surface area contributed by atoms with Crippen molar-refractivity contribution in [3.63, 3.8) is 0 Å². The number of carbonyl (C=O) groups is 1. The van der Waals surface area contributed by atoms with Gasteiger partial charge in [0.1, 0.15) is 13.2 Å². The van der Waals surface area contributed by atoms with Crippen molar-refractivity contribution in [2.24, 2.45) is 0 Å². The molecular weight excluding hydrogens is 288 g/mol. The molecule has 0 saturated heterocycles. The monoisotopic (exact) mass is 300 g/mol. The van der Waals surface area contributed by atoms with Gasteiger partial charge in [0.25, 0.3) is 0 Å². The number of rotatable bonds is 2. The van der Waals surface area contributed by atoms with E-state index in [9.17, 15) is 9.90 Å². The molecule has 0 fully saturated rings.